The van der Waals surface area contributed by atoms with Crippen molar-refractivity contribution in [1.82, 2.24) is 14.9 Å². The zero-order valence-electron chi connectivity index (χ0n) is 17.8. The number of carbonyl (C=O) groups excluding carboxylic acids is 2. The van der Waals surface area contributed by atoms with Crippen molar-refractivity contribution in [3.63, 3.8) is 0 Å². The van der Waals surface area contributed by atoms with E-state index < -0.39 is 11.7 Å². The van der Waals surface area contributed by atoms with Crippen LogP contribution in [0.1, 0.15) is 31.1 Å². The number of anilines is 2. The maximum atomic E-state index is 12.9. The number of ether oxygens (including phenoxy) is 1. The van der Waals surface area contributed by atoms with Gasteiger partial charge in [-0.3, -0.25) is 10.1 Å². The lowest BCUT2D eigenvalue weighted by atomic mass is 10.1. The number of hydrogen-bond donors (Lipinski definition) is 1. The van der Waals surface area contributed by atoms with E-state index in [0.717, 1.165) is 28.6 Å². The summed E-state index contributed by atoms with van der Waals surface area (Å²) in [5, 5.41) is 3.62. The van der Waals surface area contributed by atoms with Crippen LogP contribution >= 0.6 is 11.3 Å². The molecule has 4 rings (SSSR count). The Morgan fingerprint density at radius 3 is 2.42 bits per heavy atom. The fraction of sp³-hybridized carbons (Fsp3) is 0.364. The third-order valence-electron chi connectivity index (χ3n) is 4.77. The van der Waals surface area contributed by atoms with E-state index in [1.54, 1.807) is 41.8 Å². The van der Waals surface area contributed by atoms with Gasteiger partial charge in [0.05, 0.1) is 0 Å². The Hall–Kier alpha value is -3.20. The highest BCUT2D eigenvalue weighted by molar-refractivity contribution is 7.21. The number of carbonyl (C=O) groups is 2. The van der Waals surface area contributed by atoms with Crippen molar-refractivity contribution in [3.8, 4) is 0 Å². The van der Waals surface area contributed by atoms with Crippen LogP contribution in [0, 0.1) is 0 Å². The van der Waals surface area contributed by atoms with Crippen LogP contribution in [0.3, 0.4) is 0 Å². The zero-order chi connectivity index (χ0) is 22.0. The molecule has 1 aromatic carbocycles. The molecule has 1 N–H and O–H groups in total. The third kappa shape index (κ3) is 5.11. The molecule has 0 aliphatic carbocycles. The summed E-state index contributed by atoms with van der Waals surface area (Å²) in [4.78, 5) is 38.7. The first-order valence-corrected chi connectivity index (χ1v) is 11.0. The summed E-state index contributed by atoms with van der Waals surface area (Å²) >= 11 is 1.57. The van der Waals surface area contributed by atoms with Crippen molar-refractivity contribution in [3.05, 3.63) is 48.2 Å². The minimum atomic E-state index is -0.565. The van der Waals surface area contributed by atoms with Crippen LogP contribution in [0.15, 0.2) is 42.6 Å². The number of pyridine rings is 1. The molecule has 3 aromatic rings. The highest BCUT2D eigenvalue weighted by Gasteiger charge is 2.24. The second-order valence-electron chi connectivity index (χ2n) is 8.31. The number of rotatable bonds is 3. The maximum Gasteiger partial charge on any atom is 0.412 e. The lowest BCUT2D eigenvalue weighted by molar-refractivity contribution is 0.0635. The number of nitrogens with zero attached hydrogens (tertiary/aromatic N) is 4. The monoisotopic (exact) mass is 439 g/mol. The Morgan fingerprint density at radius 1 is 1.06 bits per heavy atom. The summed E-state index contributed by atoms with van der Waals surface area (Å²) in [6.45, 7) is 8.12. The normalized spacial score (nSPS) is 14.5. The number of amides is 2. The maximum absolute atomic E-state index is 12.9. The second-order valence-corrected chi connectivity index (χ2v) is 9.26. The van der Waals surface area contributed by atoms with Crippen molar-refractivity contribution in [2.45, 2.75) is 26.4 Å². The lowest BCUT2D eigenvalue weighted by Gasteiger charge is -2.34. The van der Waals surface area contributed by atoms with Crippen LogP contribution in [-0.4, -0.2) is 58.6 Å². The summed E-state index contributed by atoms with van der Waals surface area (Å²) in [7, 11) is 0. The van der Waals surface area contributed by atoms with E-state index in [1.807, 2.05) is 37.8 Å². The van der Waals surface area contributed by atoms with E-state index in [2.05, 4.69) is 20.2 Å². The van der Waals surface area contributed by atoms with Crippen molar-refractivity contribution >= 4 is 44.5 Å². The fourth-order valence-electron chi connectivity index (χ4n) is 3.29. The molecule has 0 saturated carbocycles. The highest BCUT2D eigenvalue weighted by atomic mass is 32.1. The number of benzene rings is 1. The average molecular weight is 440 g/mol. The summed E-state index contributed by atoms with van der Waals surface area (Å²) in [5.74, 6) is -0.0190. The minimum absolute atomic E-state index is 0.0190. The quantitative estimate of drug-likeness (QED) is 0.664. The average Bonchev–Trinajstić information content (AvgIpc) is 3.17. The van der Waals surface area contributed by atoms with E-state index in [1.165, 1.54) is 0 Å². The van der Waals surface area contributed by atoms with Gasteiger partial charge in [0, 0.05) is 43.6 Å². The molecule has 1 aliphatic heterocycles. The Morgan fingerprint density at radius 2 is 1.77 bits per heavy atom. The number of hydrogen-bond acceptors (Lipinski definition) is 7. The first-order chi connectivity index (χ1) is 14.8. The number of nitrogens with one attached hydrogen (secondary N) is 1. The Labute approximate surface area is 184 Å². The smallest absolute Gasteiger partial charge is 0.412 e. The van der Waals surface area contributed by atoms with Crippen LogP contribution in [0.5, 0.6) is 0 Å². The van der Waals surface area contributed by atoms with E-state index >= 15 is 0 Å². The Kier molecular flexibility index (Phi) is 5.77. The van der Waals surface area contributed by atoms with Crippen LogP contribution in [0.4, 0.5) is 15.6 Å². The van der Waals surface area contributed by atoms with Gasteiger partial charge in [-0.1, -0.05) is 11.3 Å². The zero-order valence-corrected chi connectivity index (χ0v) is 18.6. The van der Waals surface area contributed by atoms with E-state index in [-0.39, 0.29) is 5.91 Å². The molecule has 1 fully saturated rings. The SMILES string of the molecule is CC(C)(C)OC(=O)Nc1ccc(C(=O)N2CCN(c3nc4cccnc4s3)CC2)cc1. The molecule has 162 valence electrons. The highest BCUT2D eigenvalue weighted by Crippen LogP contribution is 2.28. The molecule has 0 bridgehead atoms. The molecule has 2 amide bonds. The topological polar surface area (TPSA) is 87.7 Å². The first-order valence-electron chi connectivity index (χ1n) is 10.1. The van der Waals surface area contributed by atoms with E-state index in [9.17, 15) is 9.59 Å². The van der Waals surface area contributed by atoms with Gasteiger partial charge in [-0.25, -0.2) is 14.8 Å². The van der Waals surface area contributed by atoms with Crippen LogP contribution in [-0.2, 0) is 4.74 Å². The predicted octanol–water partition coefficient (Wildman–Crippen LogP) is 4.00. The summed E-state index contributed by atoms with van der Waals surface area (Å²) < 4.78 is 5.24. The Balaban J connectivity index is 1.33. The fourth-order valence-corrected chi connectivity index (χ4v) is 4.26. The molecule has 1 aliphatic rings. The van der Waals surface area contributed by atoms with Crippen molar-refractivity contribution in [2.75, 3.05) is 36.4 Å². The Bertz CT molecular complexity index is 1050. The summed E-state index contributed by atoms with van der Waals surface area (Å²) in [6.07, 6.45) is 1.25. The summed E-state index contributed by atoms with van der Waals surface area (Å²) in [5.41, 5.74) is 1.51. The molecule has 2 aromatic heterocycles. The van der Waals surface area contributed by atoms with E-state index in [4.69, 9.17) is 4.74 Å². The third-order valence-corrected chi connectivity index (χ3v) is 5.81. The molecule has 31 heavy (non-hydrogen) atoms. The summed E-state index contributed by atoms with van der Waals surface area (Å²) in [6, 6.07) is 10.7. The predicted molar refractivity (Wildman–Crippen MR) is 122 cm³/mol. The van der Waals surface area contributed by atoms with Gasteiger partial charge in [0.25, 0.3) is 5.91 Å². The minimum Gasteiger partial charge on any atom is -0.444 e. The molecular formula is C22H25N5O3S. The van der Waals surface area contributed by atoms with Crippen molar-refractivity contribution in [1.29, 1.82) is 0 Å². The molecular weight excluding hydrogens is 414 g/mol. The molecule has 1 saturated heterocycles. The van der Waals surface area contributed by atoms with Crippen molar-refractivity contribution in [2.24, 2.45) is 0 Å². The van der Waals surface area contributed by atoms with Gasteiger partial charge in [0.15, 0.2) is 5.13 Å². The van der Waals surface area contributed by atoms with Gasteiger partial charge in [0.1, 0.15) is 15.9 Å². The molecule has 8 nitrogen and oxygen atoms in total. The first kappa shape index (κ1) is 21.0. The number of aromatic nitrogens is 2. The van der Waals surface area contributed by atoms with Crippen LogP contribution < -0.4 is 10.2 Å². The molecule has 0 spiro atoms. The van der Waals surface area contributed by atoms with Crippen LogP contribution in [0.25, 0.3) is 10.3 Å². The van der Waals surface area contributed by atoms with E-state index in [0.29, 0.717) is 24.3 Å². The van der Waals surface area contributed by atoms with Gasteiger partial charge < -0.3 is 14.5 Å². The molecule has 0 unspecified atom stereocenters. The van der Waals surface area contributed by atoms with Gasteiger partial charge in [-0.15, -0.1) is 0 Å². The largest absolute Gasteiger partial charge is 0.444 e. The van der Waals surface area contributed by atoms with Gasteiger partial charge in [0.2, 0.25) is 0 Å². The molecule has 3 heterocycles. The van der Waals surface area contributed by atoms with Gasteiger partial charge >= 0.3 is 6.09 Å². The number of fused-ring (bicyclic) bond motifs is 1. The standard InChI is InChI=1S/C22H25N5O3S/c1-22(2,3)30-21(29)24-16-8-6-15(7-9-16)19(28)26-11-13-27(14-12-26)20-25-17-5-4-10-23-18(17)31-20/h4-10H,11-14H2,1-3H3,(H,24,29). The van der Waals surface area contributed by atoms with Crippen molar-refractivity contribution < 1.29 is 14.3 Å². The second kappa shape index (κ2) is 8.50. The van der Waals surface area contributed by atoms with Gasteiger partial charge in [-0.05, 0) is 57.2 Å². The molecule has 9 heteroatoms. The molecule has 0 radical (unpaired) electrons. The lowest BCUT2D eigenvalue weighted by Crippen LogP contribution is -2.48. The number of thiazole rings is 1. The van der Waals surface area contributed by atoms with Gasteiger partial charge in [-0.2, -0.15) is 0 Å². The van der Waals surface area contributed by atoms with Crippen LogP contribution in [0.2, 0.25) is 0 Å². The number of piperazine rings is 1. The molecule has 0 atom stereocenters.